The van der Waals surface area contributed by atoms with Crippen molar-refractivity contribution in [1.29, 1.82) is 0 Å². The van der Waals surface area contributed by atoms with Gasteiger partial charge in [0.2, 0.25) is 0 Å². The van der Waals surface area contributed by atoms with E-state index >= 15 is 0 Å². The molecular weight excluding hydrogens is 226 g/mol. The Morgan fingerprint density at radius 2 is 2.35 bits per heavy atom. The highest BCUT2D eigenvalue weighted by Gasteiger charge is 2.15. The third-order valence-electron chi connectivity index (χ3n) is 2.00. The van der Waals surface area contributed by atoms with Crippen molar-refractivity contribution < 1.29 is 4.79 Å². The van der Waals surface area contributed by atoms with Gasteiger partial charge in [-0.2, -0.15) is 5.21 Å². The molecule has 0 aromatic carbocycles. The monoisotopic (exact) mass is 235 g/mol. The van der Waals surface area contributed by atoms with Gasteiger partial charge >= 0.3 is 0 Å². The van der Waals surface area contributed by atoms with E-state index in [2.05, 4.69) is 35.9 Å². The number of hydrogen-bond donors (Lipinski definition) is 3. The van der Waals surface area contributed by atoms with Crippen LogP contribution in [0.5, 0.6) is 0 Å². The molecule has 2 rings (SSSR count). The Labute approximate surface area is 94.7 Å². The minimum Gasteiger partial charge on any atom is -0.341 e. The van der Waals surface area contributed by atoms with Crippen LogP contribution in [0.15, 0.2) is 17.2 Å². The summed E-state index contributed by atoms with van der Waals surface area (Å²) in [5, 5.41) is 15.8. The van der Waals surface area contributed by atoms with Crippen LogP contribution in [0.4, 0.5) is 0 Å². The largest absolute Gasteiger partial charge is 0.341 e. The van der Waals surface area contributed by atoms with Crippen LogP contribution in [-0.4, -0.2) is 36.5 Å². The number of aromatic amines is 2. The van der Waals surface area contributed by atoms with E-state index in [1.165, 1.54) is 6.20 Å². The van der Waals surface area contributed by atoms with Crippen molar-refractivity contribution in [2.24, 2.45) is 0 Å². The molecule has 9 nitrogen and oxygen atoms in total. The number of carbonyl (C=O) groups is 1. The summed E-state index contributed by atoms with van der Waals surface area (Å²) in [6, 6.07) is -0.407. The molecule has 3 N–H and O–H groups in total. The average Bonchev–Trinajstić information content (AvgIpc) is 2.83. The van der Waals surface area contributed by atoms with E-state index in [1.54, 1.807) is 6.92 Å². The maximum absolute atomic E-state index is 11.7. The molecule has 17 heavy (non-hydrogen) atoms. The van der Waals surface area contributed by atoms with E-state index in [0.29, 0.717) is 5.82 Å². The molecule has 0 fully saturated rings. The van der Waals surface area contributed by atoms with Crippen molar-refractivity contribution in [2.75, 3.05) is 0 Å². The number of hydrogen-bond acceptors (Lipinski definition) is 6. The third-order valence-corrected chi connectivity index (χ3v) is 2.00. The van der Waals surface area contributed by atoms with Gasteiger partial charge in [-0.1, -0.05) is 5.21 Å². The van der Waals surface area contributed by atoms with Crippen molar-refractivity contribution in [3.05, 3.63) is 34.3 Å². The van der Waals surface area contributed by atoms with E-state index in [1.807, 2.05) is 0 Å². The molecule has 1 atom stereocenters. The van der Waals surface area contributed by atoms with Crippen LogP contribution in [0.3, 0.4) is 0 Å². The maximum Gasteiger partial charge on any atom is 0.271 e. The second-order valence-electron chi connectivity index (χ2n) is 3.26. The Morgan fingerprint density at radius 1 is 1.53 bits per heavy atom. The number of carbonyl (C=O) groups excluding carboxylic acids is 1. The molecular formula is C8H9N7O2. The first-order valence-electron chi connectivity index (χ1n) is 4.76. The summed E-state index contributed by atoms with van der Waals surface area (Å²) < 4.78 is 0. The van der Waals surface area contributed by atoms with Crippen LogP contribution < -0.4 is 10.9 Å². The number of tetrazole rings is 1. The maximum atomic E-state index is 11.7. The highest BCUT2D eigenvalue weighted by atomic mass is 16.2. The second-order valence-corrected chi connectivity index (χ2v) is 3.26. The van der Waals surface area contributed by atoms with Crippen molar-refractivity contribution in [3.8, 4) is 0 Å². The summed E-state index contributed by atoms with van der Waals surface area (Å²) in [4.78, 5) is 28.5. The van der Waals surface area contributed by atoms with E-state index in [-0.39, 0.29) is 11.3 Å². The molecule has 0 radical (unpaired) electrons. The molecule has 0 aliphatic rings. The molecule has 0 spiro atoms. The van der Waals surface area contributed by atoms with Gasteiger partial charge in [-0.05, 0) is 6.92 Å². The average molecular weight is 235 g/mol. The second kappa shape index (κ2) is 4.51. The van der Waals surface area contributed by atoms with Gasteiger partial charge in [0.05, 0.1) is 12.2 Å². The van der Waals surface area contributed by atoms with Crippen LogP contribution in [0.1, 0.15) is 29.3 Å². The van der Waals surface area contributed by atoms with Gasteiger partial charge in [-0.3, -0.25) is 9.59 Å². The van der Waals surface area contributed by atoms with Gasteiger partial charge in [0.15, 0.2) is 5.82 Å². The highest BCUT2D eigenvalue weighted by Crippen LogP contribution is 2.03. The smallest absolute Gasteiger partial charge is 0.271 e. The lowest BCUT2D eigenvalue weighted by molar-refractivity contribution is 0.0933. The van der Waals surface area contributed by atoms with Gasteiger partial charge in [0.1, 0.15) is 5.69 Å². The van der Waals surface area contributed by atoms with Crippen molar-refractivity contribution >= 4 is 5.91 Å². The normalized spacial score (nSPS) is 12.1. The van der Waals surface area contributed by atoms with E-state index in [0.717, 1.165) is 6.20 Å². The van der Waals surface area contributed by atoms with E-state index < -0.39 is 11.9 Å². The lowest BCUT2D eigenvalue weighted by atomic mass is 10.3. The number of nitrogens with zero attached hydrogens (tertiary/aromatic N) is 4. The molecule has 0 saturated carbocycles. The zero-order valence-electron chi connectivity index (χ0n) is 8.84. The number of amides is 1. The first kappa shape index (κ1) is 10.9. The van der Waals surface area contributed by atoms with E-state index in [4.69, 9.17) is 0 Å². The predicted octanol–water partition coefficient (Wildman–Crippen LogP) is -1.23. The number of H-pyrrole nitrogens is 2. The molecule has 2 aromatic heterocycles. The molecule has 9 heteroatoms. The van der Waals surface area contributed by atoms with E-state index in [9.17, 15) is 9.59 Å². The van der Waals surface area contributed by atoms with Crippen LogP contribution in [0, 0.1) is 0 Å². The number of nitrogens with one attached hydrogen (secondary N) is 3. The quantitative estimate of drug-likeness (QED) is 0.611. The Morgan fingerprint density at radius 3 is 2.94 bits per heavy atom. The zero-order chi connectivity index (χ0) is 12.3. The molecule has 0 aliphatic carbocycles. The van der Waals surface area contributed by atoms with Crippen molar-refractivity contribution in [2.45, 2.75) is 13.0 Å². The first-order chi connectivity index (χ1) is 8.16. The number of aromatic nitrogens is 6. The molecule has 2 heterocycles. The van der Waals surface area contributed by atoms with Crippen molar-refractivity contribution in [3.63, 3.8) is 0 Å². The molecule has 1 unspecified atom stereocenters. The summed E-state index contributed by atoms with van der Waals surface area (Å²) in [6.45, 7) is 1.70. The molecule has 0 bridgehead atoms. The first-order valence-corrected chi connectivity index (χ1v) is 4.76. The van der Waals surface area contributed by atoms with Crippen LogP contribution in [0.25, 0.3) is 0 Å². The zero-order valence-corrected chi connectivity index (χ0v) is 8.84. The fourth-order valence-electron chi connectivity index (χ4n) is 1.15. The Bertz CT molecular complexity index is 541. The summed E-state index contributed by atoms with van der Waals surface area (Å²) in [7, 11) is 0. The Kier molecular flexibility index (Phi) is 2.90. The summed E-state index contributed by atoms with van der Waals surface area (Å²) in [6.07, 6.45) is 2.27. The lowest BCUT2D eigenvalue weighted by Crippen LogP contribution is -2.29. The number of rotatable bonds is 3. The van der Waals surface area contributed by atoms with Gasteiger partial charge in [0, 0.05) is 6.20 Å². The summed E-state index contributed by atoms with van der Waals surface area (Å²) in [5.74, 6) is -0.0682. The molecule has 1 amide bonds. The SMILES string of the molecule is CC(NC(=O)c1c[nH]c(=O)cn1)c1nn[nH]n1. The highest BCUT2D eigenvalue weighted by molar-refractivity contribution is 5.92. The van der Waals surface area contributed by atoms with Gasteiger partial charge in [-0.15, -0.1) is 10.2 Å². The Balaban J connectivity index is 2.07. The molecule has 0 aliphatic heterocycles. The lowest BCUT2D eigenvalue weighted by Gasteiger charge is -2.08. The van der Waals surface area contributed by atoms with Crippen LogP contribution >= 0.6 is 0 Å². The minimum absolute atomic E-state index is 0.111. The molecule has 0 saturated heterocycles. The van der Waals surface area contributed by atoms with Gasteiger partial charge in [0.25, 0.3) is 11.5 Å². The van der Waals surface area contributed by atoms with Crippen LogP contribution in [-0.2, 0) is 0 Å². The fraction of sp³-hybridized carbons (Fsp3) is 0.250. The van der Waals surface area contributed by atoms with Gasteiger partial charge < -0.3 is 10.3 Å². The van der Waals surface area contributed by atoms with Gasteiger partial charge in [-0.25, -0.2) is 4.98 Å². The fourth-order valence-corrected chi connectivity index (χ4v) is 1.15. The molecule has 88 valence electrons. The topological polar surface area (TPSA) is 129 Å². The standard InChI is InChI=1S/C8H9N7O2/c1-4(7-12-14-15-13-7)11-8(17)5-2-10-6(16)3-9-5/h2-4H,1H3,(H,10,16)(H,11,17)(H,12,13,14,15). The van der Waals surface area contributed by atoms with Crippen molar-refractivity contribution in [1.82, 2.24) is 35.9 Å². The van der Waals surface area contributed by atoms with Crippen LogP contribution in [0.2, 0.25) is 0 Å². The molecule has 2 aromatic rings. The third kappa shape index (κ3) is 2.51. The Hall–Kier alpha value is -2.58. The summed E-state index contributed by atoms with van der Waals surface area (Å²) >= 11 is 0. The minimum atomic E-state index is -0.432. The predicted molar refractivity (Wildman–Crippen MR) is 54.9 cm³/mol. The summed E-state index contributed by atoms with van der Waals surface area (Å²) in [5.41, 5.74) is -0.257.